The van der Waals surface area contributed by atoms with E-state index in [2.05, 4.69) is 76.3 Å². The topological polar surface area (TPSA) is 165 Å². The highest BCUT2D eigenvalue weighted by molar-refractivity contribution is 6.06. The summed E-state index contributed by atoms with van der Waals surface area (Å²) in [5.41, 5.74) is 10.5. The molecule has 0 bridgehead atoms. The van der Waals surface area contributed by atoms with Gasteiger partial charge in [0.25, 0.3) is 11.8 Å². The van der Waals surface area contributed by atoms with Crippen molar-refractivity contribution in [2.75, 3.05) is 26.2 Å². The Labute approximate surface area is 399 Å². The van der Waals surface area contributed by atoms with Crippen LogP contribution in [0.25, 0.3) is 0 Å². The summed E-state index contributed by atoms with van der Waals surface area (Å²) in [4.78, 5) is 88.5. The first-order valence-corrected chi connectivity index (χ1v) is 23.0. The number of halogens is 1. The minimum Gasteiger partial charge on any atom is -0.322 e. The number of fused-ring (bicyclic) bond motifs is 2. The lowest BCUT2D eigenvalue weighted by Crippen LogP contribution is -2.52. The van der Waals surface area contributed by atoms with Crippen molar-refractivity contribution in [1.82, 2.24) is 30.7 Å². The van der Waals surface area contributed by atoms with Crippen molar-refractivity contribution in [3.05, 3.63) is 141 Å². The Morgan fingerprint density at radius 2 is 1.03 bits per heavy atom. The van der Waals surface area contributed by atoms with Crippen molar-refractivity contribution in [3.63, 3.8) is 0 Å². The number of imide groups is 2. The number of nitrogens with zero attached hydrogens (tertiary/aromatic N) is 3. The Hall–Kier alpha value is -6.02. The van der Waals surface area contributed by atoms with Gasteiger partial charge in [-0.2, -0.15) is 0 Å². The predicted octanol–water partition coefficient (Wildman–Crippen LogP) is 6.92. The lowest BCUT2D eigenvalue weighted by Gasteiger charge is -2.32. The lowest BCUT2D eigenvalue weighted by atomic mass is 9.87. The zero-order valence-electron chi connectivity index (χ0n) is 37.7. The summed E-state index contributed by atoms with van der Waals surface area (Å²) in [6.45, 7) is 10.2. The molecule has 6 aliphatic rings. The third-order valence-electron chi connectivity index (χ3n) is 13.7. The molecule has 10 rings (SSSR count). The van der Waals surface area contributed by atoms with Gasteiger partial charge in [0.05, 0.1) is 0 Å². The number of amides is 6. The number of carbonyl (C=O) groups excluding carboxylic acids is 7. The molecule has 2 atom stereocenters. The van der Waals surface area contributed by atoms with Crippen LogP contribution in [-0.4, -0.2) is 94.7 Å². The molecular formula is C53H63ClN6O7. The number of carbonyl (C=O) groups is 7. The average molecular weight is 932 g/mol. The van der Waals surface area contributed by atoms with Crippen LogP contribution in [0.1, 0.15) is 141 Å². The van der Waals surface area contributed by atoms with E-state index in [0.717, 1.165) is 81.4 Å². The van der Waals surface area contributed by atoms with E-state index in [4.69, 9.17) is 0 Å². The van der Waals surface area contributed by atoms with Crippen LogP contribution in [0.4, 0.5) is 0 Å². The molecule has 4 fully saturated rings. The first-order chi connectivity index (χ1) is 31.4. The van der Waals surface area contributed by atoms with Crippen LogP contribution in [0, 0.1) is 13.8 Å². The second-order valence-corrected chi connectivity index (χ2v) is 18.2. The minimum atomic E-state index is -0.555. The van der Waals surface area contributed by atoms with Gasteiger partial charge in [-0.15, -0.1) is 12.4 Å². The lowest BCUT2D eigenvalue weighted by molar-refractivity contribution is -0.138. The zero-order valence-corrected chi connectivity index (χ0v) is 38.5. The average Bonchev–Trinajstić information content (AvgIpc) is 3.82. The maximum absolute atomic E-state index is 12.9. The fourth-order valence-corrected chi connectivity index (χ4v) is 9.87. The van der Waals surface area contributed by atoms with Crippen LogP contribution in [0.3, 0.4) is 0 Å². The third kappa shape index (κ3) is 11.9. The van der Waals surface area contributed by atoms with Gasteiger partial charge in [0.1, 0.15) is 18.4 Å². The van der Waals surface area contributed by atoms with Crippen LogP contribution >= 0.6 is 12.4 Å². The molecule has 3 N–H and O–H groups in total. The van der Waals surface area contributed by atoms with Gasteiger partial charge in [-0.1, -0.05) is 91.3 Å². The number of hydrogen-bond acceptors (Lipinski definition) is 9. The summed E-state index contributed by atoms with van der Waals surface area (Å²) in [7, 11) is 0. The van der Waals surface area contributed by atoms with Crippen molar-refractivity contribution >= 4 is 54.1 Å². The van der Waals surface area contributed by atoms with Crippen LogP contribution in [-0.2, 0) is 38.8 Å². The molecule has 4 aromatic rings. The summed E-state index contributed by atoms with van der Waals surface area (Å²) in [6, 6.07) is 27.4. The fraction of sp³-hybridized carbons (Fsp3) is 0.415. The highest BCUT2D eigenvalue weighted by Crippen LogP contribution is 2.35. The molecule has 6 heterocycles. The van der Waals surface area contributed by atoms with Crippen molar-refractivity contribution in [2.45, 2.75) is 116 Å². The van der Waals surface area contributed by atoms with Crippen molar-refractivity contribution in [3.8, 4) is 0 Å². The van der Waals surface area contributed by atoms with E-state index in [-0.39, 0.29) is 68.1 Å². The largest absolute Gasteiger partial charge is 0.322 e. The van der Waals surface area contributed by atoms with Crippen LogP contribution in [0.5, 0.6) is 0 Å². The smallest absolute Gasteiger partial charge is 0.255 e. The second-order valence-electron chi connectivity index (χ2n) is 18.2. The van der Waals surface area contributed by atoms with E-state index in [1.54, 1.807) is 9.80 Å². The summed E-state index contributed by atoms with van der Waals surface area (Å²) in [5, 5.41) is 8.07. The maximum atomic E-state index is 12.9. The molecule has 4 aromatic carbocycles. The van der Waals surface area contributed by atoms with E-state index < -0.39 is 12.1 Å². The van der Waals surface area contributed by atoms with E-state index in [0.29, 0.717) is 48.9 Å². The molecule has 354 valence electrons. The molecule has 2 unspecified atom stereocenters. The summed E-state index contributed by atoms with van der Waals surface area (Å²) < 4.78 is 0. The predicted molar refractivity (Wildman–Crippen MR) is 259 cm³/mol. The molecule has 4 saturated heterocycles. The molecule has 0 spiro atoms. The molecule has 0 aromatic heterocycles. The molecule has 6 amide bonds. The third-order valence-corrected chi connectivity index (χ3v) is 13.7. The van der Waals surface area contributed by atoms with E-state index in [1.807, 2.05) is 43.3 Å². The van der Waals surface area contributed by atoms with Gasteiger partial charge in [-0.25, -0.2) is 0 Å². The Morgan fingerprint density at radius 1 is 0.582 bits per heavy atom. The summed E-state index contributed by atoms with van der Waals surface area (Å²) >= 11 is 0. The highest BCUT2D eigenvalue weighted by Gasteiger charge is 2.41. The number of nitrogens with one attached hydrogen (secondary N) is 3. The molecule has 0 aliphatic carbocycles. The van der Waals surface area contributed by atoms with Crippen LogP contribution in [0.15, 0.2) is 84.9 Å². The van der Waals surface area contributed by atoms with E-state index in [9.17, 15) is 33.6 Å². The quantitative estimate of drug-likeness (QED) is 0.132. The molecule has 67 heavy (non-hydrogen) atoms. The van der Waals surface area contributed by atoms with Gasteiger partial charge < -0.3 is 15.1 Å². The van der Waals surface area contributed by atoms with Crippen LogP contribution in [0.2, 0.25) is 0 Å². The Morgan fingerprint density at radius 3 is 1.48 bits per heavy atom. The first-order valence-electron chi connectivity index (χ1n) is 23.0. The van der Waals surface area contributed by atoms with Crippen molar-refractivity contribution < 1.29 is 33.6 Å². The Balaban J connectivity index is 0.000000186. The Bertz CT molecular complexity index is 2460. The number of hydrogen-bond donors (Lipinski definition) is 3. The Kier molecular flexibility index (Phi) is 17.0. The number of benzene rings is 4. The second kappa shape index (κ2) is 22.6. The number of aldehydes is 1. The summed E-state index contributed by atoms with van der Waals surface area (Å²) in [5.74, 6) is -0.398. The molecular weight excluding hydrogens is 868 g/mol. The normalized spacial score (nSPS) is 20.7. The number of likely N-dealkylation sites (tertiary alicyclic amines) is 1. The van der Waals surface area contributed by atoms with Gasteiger partial charge >= 0.3 is 0 Å². The number of piperidine rings is 4. The maximum Gasteiger partial charge on any atom is 0.255 e. The summed E-state index contributed by atoms with van der Waals surface area (Å²) in [6.07, 6.45) is 6.67. The van der Waals surface area contributed by atoms with Crippen molar-refractivity contribution in [2.24, 2.45) is 0 Å². The monoisotopic (exact) mass is 930 g/mol. The first kappa shape index (κ1) is 50.4. The van der Waals surface area contributed by atoms with Gasteiger partial charge in [-0.05, 0) is 130 Å². The van der Waals surface area contributed by atoms with Gasteiger partial charge in [-0.3, -0.25) is 49.1 Å². The van der Waals surface area contributed by atoms with Gasteiger partial charge in [0, 0.05) is 49.2 Å². The minimum absolute atomic E-state index is 0. The molecule has 6 aliphatic heterocycles. The van der Waals surface area contributed by atoms with E-state index in [1.165, 1.54) is 27.8 Å². The zero-order chi connectivity index (χ0) is 45.6. The fourth-order valence-electron chi connectivity index (χ4n) is 9.87. The van der Waals surface area contributed by atoms with E-state index >= 15 is 0 Å². The molecule has 13 nitrogen and oxygen atoms in total. The number of aryl methyl sites for hydroxylation is 2. The van der Waals surface area contributed by atoms with Crippen molar-refractivity contribution in [1.29, 1.82) is 0 Å². The molecule has 0 saturated carbocycles. The standard InChI is InChI=1S/C26H29N3O3.C18H21N3O3.C8H8O.CH4.ClH/c1-17-2-4-18(5-3-17)15-28-12-10-19(11-13-28)20-6-7-22-21(14-20)16-29(26(22)32)23-8-9-24(30)27-25(23)31;22-16-4-3-15(17(23)20-16)21-10-13-9-12(1-2-14(13)18(21)24)11-5-7-19-8-6-11;1-7-2-4-8(6-9)5-3-7;;/h2-7,14,19,23H,8-13,15-16H2,1H3,(H,27,30,31);1-2,9,11,15,19H,3-8,10H2,(H,20,22,23);2-6H,1H3;1H4;1H. The highest BCUT2D eigenvalue weighted by atomic mass is 35.5. The van der Waals surface area contributed by atoms with Gasteiger partial charge in [0.15, 0.2) is 0 Å². The van der Waals surface area contributed by atoms with Crippen LogP contribution < -0.4 is 16.0 Å². The molecule has 14 heteroatoms. The molecule has 0 radical (unpaired) electrons. The van der Waals surface area contributed by atoms with Gasteiger partial charge in [0.2, 0.25) is 23.6 Å². The SMILES string of the molecule is C.Cc1ccc(C=O)cc1.Cc1ccc(CN2CCC(c3ccc4c(c3)CN(C3CCC(=O)NC3=O)C4=O)CC2)cc1.Cl.O=C1CCC(N2Cc3cc(C4CCNCC4)ccc3C2=O)C(=O)N1. The number of rotatable bonds is 7.